The maximum Gasteiger partial charge on any atom is 0.258 e. The maximum absolute atomic E-state index is 12.1. The molecule has 3 rings (SSSR count). The third-order valence-electron chi connectivity index (χ3n) is 3.75. The largest absolute Gasteiger partial charge is 0.508 e. The van der Waals surface area contributed by atoms with E-state index in [1.807, 2.05) is 24.3 Å². The van der Waals surface area contributed by atoms with Gasteiger partial charge < -0.3 is 5.11 Å². The summed E-state index contributed by atoms with van der Waals surface area (Å²) in [5.41, 5.74) is 10.3. The van der Waals surface area contributed by atoms with Gasteiger partial charge in [-0.1, -0.05) is 35.9 Å². The number of amides is 1. The number of carbonyl (C=O) groups is 1. The highest BCUT2D eigenvalue weighted by Crippen LogP contribution is 2.23. The van der Waals surface area contributed by atoms with Crippen LogP contribution in [0.25, 0.3) is 0 Å². The van der Waals surface area contributed by atoms with Crippen molar-refractivity contribution in [3.63, 3.8) is 0 Å². The van der Waals surface area contributed by atoms with Gasteiger partial charge in [0.2, 0.25) is 0 Å². The number of hydrazine groups is 1. The molecule has 2 unspecified atom stereocenters. The number of nitrogens with one attached hydrogen (secondary N) is 3. The van der Waals surface area contributed by atoms with Gasteiger partial charge in [-0.3, -0.25) is 4.79 Å². The highest BCUT2D eigenvalue weighted by atomic mass is 35.5. The van der Waals surface area contributed by atoms with Crippen molar-refractivity contribution in [1.82, 2.24) is 16.3 Å². The average molecular weight is 345 g/mol. The molecule has 1 saturated heterocycles. The molecule has 0 saturated carbocycles. The predicted octanol–water partition coefficient (Wildman–Crippen LogP) is 2.10. The van der Waals surface area contributed by atoms with E-state index >= 15 is 0 Å². The Morgan fingerprint density at radius 2 is 2.04 bits per heavy atom. The Balaban J connectivity index is 1.54. The lowest BCUT2D eigenvalue weighted by molar-refractivity contribution is -0.122. The summed E-state index contributed by atoms with van der Waals surface area (Å²) in [6.45, 7) is 0. The molecule has 1 amide bonds. The standard InChI is InChI=1S/C17H17ClN4O2/c18-13-6-4-12(5-7-13)15-9-16(21-20-15)17(24)22-19-10-11-2-1-3-14(23)8-11/h1-8,10,15-16,20-21,23H,9H2,(H,22,24)/b19-10+. The van der Waals surface area contributed by atoms with Crippen molar-refractivity contribution >= 4 is 23.7 Å². The Hall–Kier alpha value is -2.41. The quantitative estimate of drug-likeness (QED) is 0.505. The van der Waals surface area contributed by atoms with E-state index in [1.165, 1.54) is 6.21 Å². The number of aromatic hydroxyl groups is 1. The Kier molecular flexibility index (Phi) is 5.10. The molecule has 7 heteroatoms. The topological polar surface area (TPSA) is 85.8 Å². The fraction of sp³-hybridized carbons (Fsp3) is 0.176. The zero-order valence-electron chi connectivity index (χ0n) is 12.7. The SMILES string of the molecule is O=C(N/N=C/c1cccc(O)c1)C1CC(c2ccc(Cl)cc2)NN1. The average Bonchev–Trinajstić information content (AvgIpc) is 3.05. The van der Waals surface area contributed by atoms with Crippen molar-refractivity contribution in [2.45, 2.75) is 18.5 Å². The summed E-state index contributed by atoms with van der Waals surface area (Å²) in [5.74, 6) is -0.0758. The molecule has 1 aliphatic heterocycles. The number of rotatable bonds is 4. The van der Waals surface area contributed by atoms with Gasteiger partial charge >= 0.3 is 0 Å². The molecular formula is C17H17ClN4O2. The highest BCUT2D eigenvalue weighted by molar-refractivity contribution is 6.30. The monoisotopic (exact) mass is 344 g/mol. The summed E-state index contributed by atoms with van der Waals surface area (Å²) < 4.78 is 0. The summed E-state index contributed by atoms with van der Waals surface area (Å²) >= 11 is 5.88. The fourth-order valence-corrected chi connectivity index (χ4v) is 2.62. The lowest BCUT2D eigenvalue weighted by Crippen LogP contribution is -2.41. The van der Waals surface area contributed by atoms with Crippen molar-refractivity contribution in [1.29, 1.82) is 0 Å². The van der Waals surface area contributed by atoms with Gasteiger partial charge in [0.25, 0.3) is 5.91 Å². The third kappa shape index (κ3) is 4.11. The molecule has 1 fully saturated rings. The smallest absolute Gasteiger partial charge is 0.258 e. The molecule has 1 aliphatic rings. The second-order valence-corrected chi connectivity index (χ2v) is 5.95. The highest BCUT2D eigenvalue weighted by Gasteiger charge is 2.29. The minimum Gasteiger partial charge on any atom is -0.508 e. The molecule has 4 N–H and O–H groups in total. The third-order valence-corrected chi connectivity index (χ3v) is 4.00. The normalized spacial score (nSPS) is 20.4. The number of nitrogens with zero attached hydrogens (tertiary/aromatic N) is 1. The molecule has 1 heterocycles. The fourth-order valence-electron chi connectivity index (χ4n) is 2.50. The molecule has 24 heavy (non-hydrogen) atoms. The minimum atomic E-state index is -0.382. The first kappa shape index (κ1) is 16.4. The lowest BCUT2D eigenvalue weighted by Gasteiger charge is -2.09. The molecule has 2 aromatic carbocycles. The number of hydrazone groups is 1. The van der Waals surface area contributed by atoms with Gasteiger partial charge in [0.1, 0.15) is 11.8 Å². The molecule has 0 aliphatic carbocycles. The molecule has 2 atom stereocenters. The maximum atomic E-state index is 12.1. The van der Waals surface area contributed by atoms with Crippen LogP contribution in [-0.2, 0) is 4.79 Å². The molecule has 0 spiro atoms. The summed E-state index contributed by atoms with van der Waals surface area (Å²) in [6.07, 6.45) is 2.09. The van der Waals surface area contributed by atoms with E-state index < -0.39 is 0 Å². The van der Waals surface area contributed by atoms with Crippen LogP contribution >= 0.6 is 11.6 Å². The number of carbonyl (C=O) groups excluding carboxylic acids is 1. The van der Waals surface area contributed by atoms with Crippen molar-refractivity contribution in [3.8, 4) is 5.75 Å². The molecule has 124 valence electrons. The van der Waals surface area contributed by atoms with Crippen LogP contribution in [0.2, 0.25) is 5.02 Å². The Morgan fingerprint density at radius 1 is 1.25 bits per heavy atom. The molecule has 0 aromatic heterocycles. The molecule has 2 aromatic rings. The van der Waals surface area contributed by atoms with Crippen molar-refractivity contribution < 1.29 is 9.90 Å². The lowest BCUT2D eigenvalue weighted by atomic mass is 10.0. The van der Waals surface area contributed by atoms with E-state index in [4.69, 9.17) is 11.6 Å². The van der Waals surface area contributed by atoms with Crippen molar-refractivity contribution in [2.24, 2.45) is 5.10 Å². The van der Waals surface area contributed by atoms with Crippen LogP contribution in [0.15, 0.2) is 53.6 Å². The van der Waals surface area contributed by atoms with Gasteiger partial charge in [0.15, 0.2) is 0 Å². The van der Waals surface area contributed by atoms with E-state index in [-0.39, 0.29) is 23.7 Å². The molecule has 0 bridgehead atoms. The first-order valence-electron chi connectivity index (χ1n) is 7.50. The van der Waals surface area contributed by atoms with E-state index in [0.717, 1.165) is 5.56 Å². The van der Waals surface area contributed by atoms with Crippen LogP contribution in [0.4, 0.5) is 0 Å². The van der Waals surface area contributed by atoms with Gasteiger partial charge in [-0.05, 0) is 41.8 Å². The van der Waals surface area contributed by atoms with Crippen LogP contribution in [0.3, 0.4) is 0 Å². The summed E-state index contributed by atoms with van der Waals surface area (Å²) in [6, 6.07) is 13.8. The molecule has 0 radical (unpaired) electrons. The molecular weight excluding hydrogens is 328 g/mol. The van der Waals surface area contributed by atoms with E-state index in [2.05, 4.69) is 21.4 Å². The summed E-state index contributed by atoms with van der Waals surface area (Å²) in [7, 11) is 0. The van der Waals surface area contributed by atoms with Crippen molar-refractivity contribution in [2.75, 3.05) is 0 Å². The number of halogens is 1. The Morgan fingerprint density at radius 3 is 2.79 bits per heavy atom. The van der Waals surface area contributed by atoms with Crippen molar-refractivity contribution in [3.05, 3.63) is 64.7 Å². The van der Waals surface area contributed by atoms with Crippen LogP contribution in [0, 0.1) is 0 Å². The van der Waals surface area contributed by atoms with Gasteiger partial charge in [0, 0.05) is 11.1 Å². The molecule has 6 nitrogen and oxygen atoms in total. The van der Waals surface area contributed by atoms with E-state index in [1.54, 1.807) is 24.3 Å². The number of benzene rings is 2. The number of hydrogen-bond acceptors (Lipinski definition) is 5. The van der Waals surface area contributed by atoms with Gasteiger partial charge in [-0.2, -0.15) is 5.10 Å². The van der Waals surface area contributed by atoms with Crippen LogP contribution in [0.5, 0.6) is 5.75 Å². The minimum absolute atomic E-state index is 0.0352. The van der Waals surface area contributed by atoms with Crippen LogP contribution in [0.1, 0.15) is 23.6 Å². The van der Waals surface area contributed by atoms with Gasteiger partial charge in [-0.15, -0.1) is 0 Å². The summed E-state index contributed by atoms with van der Waals surface area (Å²) in [4.78, 5) is 12.1. The zero-order valence-corrected chi connectivity index (χ0v) is 13.5. The number of phenolic OH excluding ortho intramolecular Hbond substituents is 1. The van der Waals surface area contributed by atoms with Gasteiger partial charge in [-0.25, -0.2) is 16.3 Å². The second kappa shape index (κ2) is 7.44. The Labute approximate surface area is 144 Å². The van der Waals surface area contributed by atoms with E-state index in [9.17, 15) is 9.90 Å². The van der Waals surface area contributed by atoms with Crippen LogP contribution < -0.4 is 16.3 Å². The second-order valence-electron chi connectivity index (χ2n) is 5.51. The number of phenols is 1. The first-order valence-corrected chi connectivity index (χ1v) is 7.88. The van der Waals surface area contributed by atoms with Gasteiger partial charge in [0.05, 0.1) is 6.21 Å². The van der Waals surface area contributed by atoms with Crippen LogP contribution in [-0.4, -0.2) is 23.3 Å². The summed E-state index contributed by atoms with van der Waals surface area (Å²) in [5, 5.41) is 14.0. The zero-order chi connectivity index (χ0) is 16.9. The number of hydrogen-bond donors (Lipinski definition) is 4. The van der Waals surface area contributed by atoms with E-state index in [0.29, 0.717) is 17.0 Å². The predicted molar refractivity (Wildman–Crippen MR) is 92.7 cm³/mol. The first-order chi connectivity index (χ1) is 11.6. The Bertz CT molecular complexity index is 749.